The van der Waals surface area contributed by atoms with Gasteiger partial charge in [0, 0.05) is 25.2 Å². The van der Waals surface area contributed by atoms with Crippen molar-refractivity contribution in [3.63, 3.8) is 0 Å². The van der Waals surface area contributed by atoms with Gasteiger partial charge in [0.05, 0.1) is 16.9 Å². The zero-order valence-corrected chi connectivity index (χ0v) is 16.7. The van der Waals surface area contributed by atoms with Crippen LogP contribution in [0.1, 0.15) is 36.0 Å². The molecule has 29 heavy (non-hydrogen) atoms. The lowest BCUT2D eigenvalue weighted by Gasteiger charge is -2.23. The number of benzene rings is 1. The summed E-state index contributed by atoms with van der Waals surface area (Å²) in [6.07, 6.45) is 5.59. The molecular weight excluding hydrogens is 366 g/mol. The average Bonchev–Trinajstić information content (AvgIpc) is 3.08. The zero-order chi connectivity index (χ0) is 20.2. The molecule has 7 nitrogen and oxygen atoms in total. The van der Waals surface area contributed by atoms with Crippen molar-refractivity contribution in [1.82, 2.24) is 15.2 Å². The third kappa shape index (κ3) is 4.16. The summed E-state index contributed by atoms with van der Waals surface area (Å²) < 4.78 is 0. The van der Waals surface area contributed by atoms with E-state index in [-0.39, 0.29) is 11.8 Å². The quantitative estimate of drug-likeness (QED) is 0.738. The number of anilines is 3. The lowest BCUT2D eigenvalue weighted by atomic mass is 10.1. The van der Waals surface area contributed by atoms with Crippen molar-refractivity contribution in [2.45, 2.75) is 31.7 Å². The number of hydrogen-bond donors (Lipinski definition) is 2. The van der Waals surface area contributed by atoms with Crippen molar-refractivity contribution in [3.8, 4) is 0 Å². The Bertz CT molecular complexity index is 900. The van der Waals surface area contributed by atoms with Gasteiger partial charge in [-0.25, -0.2) is 4.98 Å². The average molecular weight is 393 g/mol. The first-order valence-corrected chi connectivity index (χ1v) is 10.2. The molecule has 0 bridgehead atoms. The summed E-state index contributed by atoms with van der Waals surface area (Å²) >= 11 is 0. The van der Waals surface area contributed by atoms with Crippen LogP contribution in [0.2, 0.25) is 0 Å². The first kappa shape index (κ1) is 19.5. The number of fused-ring (bicyclic) bond motifs is 2. The molecule has 2 aromatic rings. The molecule has 4 rings (SSSR count). The molecule has 1 fully saturated rings. The number of carbonyl (C=O) groups excluding carboxylic acids is 2. The molecule has 2 aliphatic rings. The zero-order valence-electron chi connectivity index (χ0n) is 16.7. The molecule has 0 aliphatic carbocycles. The Morgan fingerprint density at radius 3 is 2.93 bits per heavy atom. The van der Waals surface area contributed by atoms with Gasteiger partial charge < -0.3 is 15.5 Å². The summed E-state index contributed by atoms with van der Waals surface area (Å²) in [4.78, 5) is 34.1. The van der Waals surface area contributed by atoms with Crippen LogP contribution in [0.25, 0.3) is 0 Å². The maximum atomic E-state index is 13.2. The topological polar surface area (TPSA) is 77.6 Å². The number of nitrogens with zero attached hydrogens (tertiary/aromatic N) is 3. The molecule has 1 atom stereocenters. The van der Waals surface area contributed by atoms with Crippen molar-refractivity contribution >= 4 is 29.0 Å². The van der Waals surface area contributed by atoms with Crippen LogP contribution in [0.15, 0.2) is 42.6 Å². The predicted molar refractivity (Wildman–Crippen MR) is 114 cm³/mol. The fourth-order valence-electron chi connectivity index (χ4n) is 4.13. The van der Waals surface area contributed by atoms with Gasteiger partial charge in [0.15, 0.2) is 5.82 Å². The SMILES string of the molecule is CN1CCCC1CCNCCC(=O)N1c2ccccc2C(=O)Nc2cccnc21. The second-order valence-electron chi connectivity index (χ2n) is 7.64. The van der Waals surface area contributed by atoms with E-state index in [9.17, 15) is 9.59 Å². The highest BCUT2D eigenvalue weighted by Crippen LogP contribution is 2.36. The van der Waals surface area contributed by atoms with Crippen LogP contribution in [0.5, 0.6) is 0 Å². The number of nitrogens with one attached hydrogen (secondary N) is 2. The van der Waals surface area contributed by atoms with Crippen LogP contribution < -0.4 is 15.5 Å². The minimum Gasteiger partial charge on any atom is -0.319 e. The fourth-order valence-corrected chi connectivity index (χ4v) is 4.13. The van der Waals surface area contributed by atoms with Crippen LogP contribution in [-0.4, -0.2) is 54.4 Å². The van der Waals surface area contributed by atoms with Gasteiger partial charge >= 0.3 is 0 Å². The van der Waals surface area contributed by atoms with Crippen LogP contribution in [0.3, 0.4) is 0 Å². The molecular formula is C22H27N5O2. The molecule has 0 radical (unpaired) electrons. The van der Waals surface area contributed by atoms with E-state index in [1.165, 1.54) is 19.4 Å². The molecule has 2 aliphatic heterocycles. The van der Waals surface area contributed by atoms with Gasteiger partial charge in [-0.3, -0.25) is 14.5 Å². The Balaban J connectivity index is 1.44. The summed E-state index contributed by atoms with van der Waals surface area (Å²) in [6, 6.07) is 11.3. The molecule has 3 heterocycles. The van der Waals surface area contributed by atoms with Gasteiger partial charge in [-0.15, -0.1) is 0 Å². The Kier molecular flexibility index (Phi) is 5.87. The minimum absolute atomic E-state index is 0.0839. The van der Waals surface area contributed by atoms with Gasteiger partial charge in [0.1, 0.15) is 0 Å². The molecule has 152 valence electrons. The van der Waals surface area contributed by atoms with Crippen molar-refractivity contribution in [1.29, 1.82) is 0 Å². The van der Waals surface area contributed by atoms with E-state index in [4.69, 9.17) is 0 Å². The van der Waals surface area contributed by atoms with Gasteiger partial charge in [-0.1, -0.05) is 12.1 Å². The molecule has 7 heteroatoms. The maximum Gasteiger partial charge on any atom is 0.257 e. The second-order valence-corrected chi connectivity index (χ2v) is 7.64. The standard InChI is InChI=1S/C22H27N5O2/c1-26-15-5-6-16(26)10-13-23-14-11-20(28)27-19-9-3-2-7-17(19)22(29)25-18-8-4-12-24-21(18)27/h2-4,7-9,12,16,23H,5-6,10-11,13-15H2,1H3,(H,25,29). The number of amides is 2. The Labute approximate surface area is 171 Å². The number of likely N-dealkylation sites (tertiary alicyclic amines) is 1. The number of rotatable bonds is 6. The van der Waals surface area contributed by atoms with E-state index in [1.807, 2.05) is 6.07 Å². The van der Waals surface area contributed by atoms with Gasteiger partial charge in [0.25, 0.3) is 5.91 Å². The summed E-state index contributed by atoms with van der Waals surface area (Å²) in [5.41, 5.74) is 1.58. The molecule has 0 spiro atoms. The number of hydrogen-bond acceptors (Lipinski definition) is 5. The molecule has 1 unspecified atom stereocenters. The van der Waals surface area contributed by atoms with E-state index in [0.29, 0.717) is 41.8 Å². The van der Waals surface area contributed by atoms with E-state index in [0.717, 1.165) is 13.0 Å². The summed E-state index contributed by atoms with van der Waals surface area (Å²) in [5.74, 6) is 0.145. The third-order valence-corrected chi connectivity index (χ3v) is 5.73. The van der Waals surface area contributed by atoms with Crippen molar-refractivity contribution < 1.29 is 9.59 Å². The monoisotopic (exact) mass is 393 g/mol. The molecule has 1 saturated heterocycles. The Hall–Kier alpha value is -2.77. The molecule has 1 aromatic heterocycles. The fraction of sp³-hybridized carbons (Fsp3) is 0.409. The molecule has 2 amide bonds. The van der Waals surface area contributed by atoms with Crippen LogP contribution in [0, 0.1) is 0 Å². The number of carbonyl (C=O) groups is 2. The van der Waals surface area contributed by atoms with Gasteiger partial charge in [0.2, 0.25) is 5.91 Å². The van der Waals surface area contributed by atoms with E-state index < -0.39 is 0 Å². The van der Waals surface area contributed by atoms with Crippen LogP contribution in [-0.2, 0) is 4.79 Å². The third-order valence-electron chi connectivity index (χ3n) is 5.73. The van der Waals surface area contributed by atoms with Crippen LogP contribution in [0.4, 0.5) is 17.2 Å². The molecule has 2 N–H and O–H groups in total. The maximum absolute atomic E-state index is 13.2. The smallest absolute Gasteiger partial charge is 0.257 e. The summed E-state index contributed by atoms with van der Waals surface area (Å²) in [5, 5.41) is 6.26. The van der Waals surface area contributed by atoms with E-state index in [1.54, 1.807) is 41.4 Å². The summed E-state index contributed by atoms with van der Waals surface area (Å²) in [7, 11) is 2.18. The van der Waals surface area contributed by atoms with E-state index >= 15 is 0 Å². The number of para-hydroxylation sites is 1. The van der Waals surface area contributed by atoms with Crippen molar-refractivity contribution in [2.75, 3.05) is 36.9 Å². The lowest BCUT2D eigenvalue weighted by molar-refractivity contribution is -0.117. The highest BCUT2D eigenvalue weighted by molar-refractivity contribution is 6.17. The molecule has 0 saturated carbocycles. The number of pyridine rings is 1. The highest BCUT2D eigenvalue weighted by atomic mass is 16.2. The highest BCUT2D eigenvalue weighted by Gasteiger charge is 2.29. The first-order valence-electron chi connectivity index (χ1n) is 10.2. The first-order chi connectivity index (χ1) is 14.1. The van der Waals surface area contributed by atoms with Crippen molar-refractivity contribution in [2.24, 2.45) is 0 Å². The second kappa shape index (κ2) is 8.71. The molecule has 1 aromatic carbocycles. The van der Waals surface area contributed by atoms with Gasteiger partial charge in [-0.05, 0) is 63.7 Å². The predicted octanol–water partition coefficient (Wildman–Crippen LogP) is 2.78. The normalized spacial score (nSPS) is 18.7. The van der Waals surface area contributed by atoms with Gasteiger partial charge in [-0.2, -0.15) is 0 Å². The minimum atomic E-state index is -0.232. The lowest BCUT2D eigenvalue weighted by Crippen LogP contribution is -2.32. The largest absolute Gasteiger partial charge is 0.319 e. The Morgan fingerprint density at radius 1 is 1.24 bits per heavy atom. The van der Waals surface area contributed by atoms with Crippen LogP contribution >= 0.6 is 0 Å². The summed E-state index contributed by atoms with van der Waals surface area (Å²) in [6.45, 7) is 2.67. The van der Waals surface area contributed by atoms with Crippen molar-refractivity contribution in [3.05, 3.63) is 48.2 Å². The number of aromatic nitrogens is 1. The Morgan fingerprint density at radius 2 is 2.10 bits per heavy atom. The van der Waals surface area contributed by atoms with E-state index in [2.05, 4.69) is 27.6 Å².